The van der Waals surface area contributed by atoms with Gasteiger partial charge in [-0.3, -0.25) is 0 Å². The van der Waals surface area contributed by atoms with E-state index in [1.165, 1.54) is 55.6 Å². The number of thiophene rings is 1. The first-order chi connectivity index (χ1) is 12.1. The lowest BCUT2D eigenvalue weighted by atomic mass is 9.59. The van der Waals surface area contributed by atoms with Crippen LogP contribution in [0.5, 0.6) is 0 Å². The topological polar surface area (TPSA) is 3.24 Å². The molecule has 1 aromatic rings. The summed E-state index contributed by atoms with van der Waals surface area (Å²) in [4.78, 5) is 3.96. The van der Waals surface area contributed by atoms with Crippen LogP contribution in [0.1, 0.15) is 43.9 Å². The zero-order valence-electron chi connectivity index (χ0n) is 15.6. The summed E-state index contributed by atoms with van der Waals surface area (Å²) in [7, 11) is 2.28. The minimum atomic E-state index is -0.0342. The summed E-state index contributed by atoms with van der Waals surface area (Å²) in [6.45, 7) is 9.14. The van der Waals surface area contributed by atoms with Crippen molar-refractivity contribution in [2.75, 3.05) is 20.1 Å². The largest absolute Gasteiger partial charge is 0.306 e. The predicted molar refractivity (Wildman–Crippen MR) is 115 cm³/mol. The third-order valence-electron chi connectivity index (χ3n) is 6.66. The van der Waals surface area contributed by atoms with Crippen LogP contribution in [0.4, 0.5) is 0 Å². The molecule has 0 aromatic carbocycles. The molecule has 0 radical (unpaired) electrons. The SMILES string of the molecule is C=C[C@](/C(C)=C/C=C\S)(c1cccs1)C1CCC2(CC1)CCN(C)C2. The summed E-state index contributed by atoms with van der Waals surface area (Å²) >= 11 is 6.10. The Morgan fingerprint density at radius 3 is 2.68 bits per heavy atom. The molecule has 1 aromatic heterocycles. The molecular formula is C22H31NS2. The highest BCUT2D eigenvalue weighted by molar-refractivity contribution is 7.83. The Morgan fingerprint density at radius 2 is 2.16 bits per heavy atom. The van der Waals surface area contributed by atoms with Crippen LogP contribution >= 0.6 is 24.0 Å². The molecule has 3 heteroatoms. The second-order valence-corrected chi connectivity index (χ2v) is 9.25. The molecule has 1 nitrogen and oxygen atoms in total. The molecule has 1 saturated heterocycles. The molecule has 1 aliphatic heterocycles. The molecule has 2 fully saturated rings. The molecule has 1 spiro atoms. The van der Waals surface area contributed by atoms with E-state index in [-0.39, 0.29) is 5.41 Å². The molecule has 0 N–H and O–H groups in total. The lowest BCUT2D eigenvalue weighted by Gasteiger charge is -2.46. The molecule has 0 unspecified atom stereocenters. The van der Waals surface area contributed by atoms with Crippen molar-refractivity contribution < 1.29 is 0 Å². The Labute approximate surface area is 162 Å². The van der Waals surface area contributed by atoms with Crippen LogP contribution in [0.15, 0.2) is 53.3 Å². The highest BCUT2D eigenvalue weighted by Crippen LogP contribution is 2.53. The van der Waals surface area contributed by atoms with Gasteiger partial charge in [-0.2, -0.15) is 12.6 Å². The summed E-state index contributed by atoms with van der Waals surface area (Å²) in [6.07, 6.45) is 13.2. The number of hydrogen-bond donors (Lipinski definition) is 1. The summed E-state index contributed by atoms with van der Waals surface area (Å²) in [6, 6.07) is 4.47. The first-order valence-electron chi connectivity index (χ1n) is 9.40. The van der Waals surface area contributed by atoms with Crippen molar-refractivity contribution in [3.8, 4) is 0 Å². The average Bonchev–Trinajstić information content (AvgIpc) is 3.27. The molecule has 0 amide bonds. The number of rotatable bonds is 5. The molecule has 1 saturated carbocycles. The fraction of sp³-hybridized carbons (Fsp3) is 0.545. The van der Waals surface area contributed by atoms with Gasteiger partial charge in [0, 0.05) is 16.8 Å². The van der Waals surface area contributed by atoms with Crippen LogP contribution in [0.3, 0.4) is 0 Å². The van der Waals surface area contributed by atoms with E-state index in [2.05, 4.69) is 67.7 Å². The summed E-state index contributed by atoms with van der Waals surface area (Å²) in [5, 5.41) is 4.02. The van der Waals surface area contributed by atoms with Crippen molar-refractivity contribution in [1.82, 2.24) is 4.90 Å². The van der Waals surface area contributed by atoms with Crippen molar-refractivity contribution in [3.63, 3.8) is 0 Å². The standard InChI is InChI=1S/C22H31NS2/c1-4-22(18(2)7-5-15-24,20-8-6-16-25-20)19-9-11-21(12-10-19)13-14-23(3)17-21/h4-8,15-16,19,24H,1,9-14,17H2,2-3H3/b15-5-,18-7+/t19?,21?,22-/m1/s1. The maximum Gasteiger partial charge on any atom is 0.0461 e. The second-order valence-electron chi connectivity index (χ2n) is 8.00. The molecule has 0 bridgehead atoms. The molecule has 1 atom stereocenters. The molecule has 2 heterocycles. The van der Waals surface area contributed by atoms with Gasteiger partial charge in [0.2, 0.25) is 0 Å². The third kappa shape index (κ3) is 3.56. The molecule has 25 heavy (non-hydrogen) atoms. The summed E-state index contributed by atoms with van der Waals surface area (Å²) in [5.74, 6) is 0.643. The highest BCUT2D eigenvalue weighted by atomic mass is 32.1. The van der Waals surface area contributed by atoms with E-state index in [4.69, 9.17) is 0 Å². The van der Waals surface area contributed by atoms with Gasteiger partial charge < -0.3 is 4.90 Å². The van der Waals surface area contributed by atoms with Crippen LogP contribution in [-0.4, -0.2) is 25.0 Å². The maximum absolute atomic E-state index is 4.31. The van der Waals surface area contributed by atoms with Gasteiger partial charge in [-0.1, -0.05) is 29.9 Å². The van der Waals surface area contributed by atoms with Gasteiger partial charge in [0.05, 0.1) is 0 Å². The predicted octanol–water partition coefficient (Wildman–Crippen LogP) is 6.07. The monoisotopic (exact) mass is 373 g/mol. The number of allylic oxidation sites excluding steroid dienone is 4. The Kier molecular flexibility index (Phi) is 5.97. The van der Waals surface area contributed by atoms with E-state index >= 15 is 0 Å². The van der Waals surface area contributed by atoms with Crippen LogP contribution in [0.25, 0.3) is 0 Å². The van der Waals surface area contributed by atoms with Gasteiger partial charge in [0.25, 0.3) is 0 Å². The smallest absolute Gasteiger partial charge is 0.0461 e. The Bertz CT molecular complexity index is 635. The Balaban J connectivity index is 1.90. The van der Waals surface area contributed by atoms with E-state index in [1.807, 2.05) is 22.8 Å². The van der Waals surface area contributed by atoms with E-state index < -0.39 is 0 Å². The summed E-state index contributed by atoms with van der Waals surface area (Å²) < 4.78 is 0. The molecule has 1 aliphatic carbocycles. The molecular weight excluding hydrogens is 342 g/mol. The van der Waals surface area contributed by atoms with E-state index in [9.17, 15) is 0 Å². The first kappa shape index (κ1) is 19.0. The van der Waals surface area contributed by atoms with Crippen LogP contribution in [0.2, 0.25) is 0 Å². The van der Waals surface area contributed by atoms with Crippen LogP contribution < -0.4 is 0 Å². The van der Waals surface area contributed by atoms with Gasteiger partial charge in [0.1, 0.15) is 0 Å². The molecule has 2 aliphatic rings. The van der Waals surface area contributed by atoms with Gasteiger partial charge in [-0.05, 0) is 80.8 Å². The Morgan fingerprint density at radius 1 is 1.40 bits per heavy atom. The van der Waals surface area contributed by atoms with Gasteiger partial charge in [-0.15, -0.1) is 17.9 Å². The zero-order chi connectivity index (χ0) is 17.9. The number of thiol groups is 1. The van der Waals surface area contributed by atoms with Gasteiger partial charge in [-0.25, -0.2) is 0 Å². The van der Waals surface area contributed by atoms with Crippen molar-refractivity contribution in [1.29, 1.82) is 0 Å². The highest BCUT2D eigenvalue weighted by Gasteiger charge is 2.46. The van der Waals surface area contributed by atoms with Crippen molar-refractivity contribution in [2.45, 2.75) is 44.4 Å². The van der Waals surface area contributed by atoms with E-state index in [1.54, 1.807) is 0 Å². The minimum absolute atomic E-state index is 0.0342. The molecule has 3 rings (SSSR count). The van der Waals surface area contributed by atoms with Crippen LogP contribution in [-0.2, 0) is 5.41 Å². The van der Waals surface area contributed by atoms with E-state index in [0.717, 1.165) is 0 Å². The first-order valence-corrected chi connectivity index (χ1v) is 10.8. The number of likely N-dealkylation sites (tertiary alicyclic amines) is 1. The number of nitrogens with zero attached hydrogens (tertiary/aromatic N) is 1. The van der Waals surface area contributed by atoms with Crippen molar-refractivity contribution >= 4 is 24.0 Å². The number of hydrogen-bond acceptors (Lipinski definition) is 3. The fourth-order valence-corrected chi connectivity index (χ4v) is 6.39. The normalized spacial score (nSPS) is 30.8. The zero-order valence-corrected chi connectivity index (χ0v) is 17.3. The van der Waals surface area contributed by atoms with Crippen LogP contribution in [0, 0.1) is 11.3 Å². The third-order valence-corrected chi connectivity index (χ3v) is 7.85. The Hall–Kier alpha value is -0.770. The second kappa shape index (κ2) is 7.85. The van der Waals surface area contributed by atoms with E-state index in [0.29, 0.717) is 11.3 Å². The maximum atomic E-state index is 4.31. The van der Waals surface area contributed by atoms with Crippen molar-refractivity contribution in [3.05, 3.63) is 58.2 Å². The lowest BCUT2D eigenvalue weighted by molar-refractivity contribution is 0.133. The van der Waals surface area contributed by atoms with Gasteiger partial charge >= 0.3 is 0 Å². The minimum Gasteiger partial charge on any atom is -0.306 e. The van der Waals surface area contributed by atoms with Crippen molar-refractivity contribution in [2.24, 2.45) is 11.3 Å². The average molecular weight is 374 g/mol. The van der Waals surface area contributed by atoms with Gasteiger partial charge in [0.15, 0.2) is 0 Å². The quantitative estimate of drug-likeness (QED) is 0.372. The summed E-state index contributed by atoms with van der Waals surface area (Å²) in [5.41, 5.74) is 1.93. The lowest BCUT2D eigenvalue weighted by Crippen LogP contribution is -2.40. The molecule has 136 valence electrons. The fourth-order valence-electron chi connectivity index (χ4n) is 5.24.